The van der Waals surface area contributed by atoms with Crippen LogP contribution in [0.25, 0.3) is 0 Å². The van der Waals surface area contributed by atoms with E-state index in [1.807, 2.05) is 0 Å². The van der Waals surface area contributed by atoms with E-state index in [1.54, 1.807) is 42.5 Å². The Hall–Kier alpha value is -3.06. The molecule has 3 rings (SSSR count). The molecule has 1 aliphatic carbocycles. The molecule has 3 amide bonds. The van der Waals surface area contributed by atoms with Gasteiger partial charge in [-0.1, -0.05) is 44.2 Å². The summed E-state index contributed by atoms with van der Waals surface area (Å²) < 4.78 is 0. The maximum atomic E-state index is 12.7. The third kappa shape index (κ3) is 7.76. The zero-order chi connectivity index (χ0) is 24.3. The van der Waals surface area contributed by atoms with Crippen molar-refractivity contribution in [2.45, 2.75) is 57.9 Å². The van der Waals surface area contributed by atoms with Crippen molar-refractivity contribution in [1.82, 2.24) is 10.6 Å². The number of rotatable bonds is 10. The van der Waals surface area contributed by atoms with Gasteiger partial charge in [-0.05, 0) is 61.7 Å². The van der Waals surface area contributed by atoms with Crippen molar-refractivity contribution in [3.63, 3.8) is 0 Å². The number of halogens is 1. The van der Waals surface area contributed by atoms with Gasteiger partial charge in [0.05, 0.1) is 17.1 Å². The number of hydrogen-bond acceptors (Lipinski definition) is 4. The Balaban J connectivity index is 1.50. The van der Waals surface area contributed by atoms with E-state index in [0.717, 1.165) is 38.5 Å². The SMILES string of the molecule is CCCCNC(=O)c1ccc(NC(=O)CNc2ccc(Cl)c(C(=O)NC3CCCCC3)c2)cc1. The van der Waals surface area contributed by atoms with Gasteiger partial charge in [-0.2, -0.15) is 0 Å². The van der Waals surface area contributed by atoms with Crippen LogP contribution in [0.15, 0.2) is 42.5 Å². The van der Waals surface area contributed by atoms with E-state index in [0.29, 0.717) is 34.1 Å². The standard InChI is InChI=1S/C26H33ClN4O3/c1-2-3-15-28-25(33)18-9-11-20(12-10-18)30-24(32)17-29-21-13-14-23(27)22(16-21)26(34)31-19-7-5-4-6-8-19/h9-14,16,19,29H,2-8,15,17H2,1H3,(H,28,33)(H,30,32)(H,31,34). The van der Waals surface area contributed by atoms with Gasteiger partial charge >= 0.3 is 0 Å². The molecule has 0 atom stereocenters. The van der Waals surface area contributed by atoms with Crippen molar-refractivity contribution in [2.75, 3.05) is 23.7 Å². The molecule has 1 fully saturated rings. The first-order valence-electron chi connectivity index (χ1n) is 12.0. The minimum atomic E-state index is -0.247. The third-order valence-corrected chi connectivity index (χ3v) is 6.18. The van der Waals surface area contributed by atoms with Crippen LogP contribution in [0, 0.1) is 0 Å². The van der Waals surface area contributed by atoms with Crippen LogP contribution in [-0.2, 0) is 4.79 Å². The molecule has 8 heteroatoms. The zero-order valence-electron chi connectivity index (χ0n) is 19.6. The summed E-state index contributed by atoms with van der Waals surface area (Å²) in [6.07, 6.45) is 7.41. The molecule has 4 N–H and O–H groups in total. The van der Waals surface area contributed by atoms with E-state index in [9.17, 15) is 14.4 Å². The van der Waals surface area contributed by atoms with Gasteiger partial charge < -0.3 is 21.3 Å². The third-order valence-electron chi connectivity index (χ3n) is 5.85. The van der Waals surface area contributed by atoms with E-state index >= 15 is 0 Å². The number of hydrogen-bond donors (Lipinski definition) is 4. The molecule has 1 aliphatic rings. The van der Waals surface area contributed by atoms with Gasteiger partial charge in [-0.3, -0.25) is 14.4 Å². The zero-order valence-corrected chi connectivity index (χ0v) is 20.3. The Morgan fingerprint density at radius 2 is 1.65 bits per heavy atom. The molecule has 0 bridgehead atoms. The molecule has 0 unspecified atom stereocenters. The average Bonchev–Trinajstić information content (AvgIpc) is 2.84. The molecule has 0 heterocycles. The van der Waals surface area contributed by atoms with Crippen molar-refractivity contribution < 1.29 is 14.4 Å². The largest absolute Gasteiger partial charge is 0.376 e. The second-order valence-electron chi connectivity index (χ2n) is 8.59. The van der Waals surface area contributed by atoms with Crippen LogP contribution in [0.5, 0.6) is 0 Å². The lowest BCUT2D eigenvalue weighted by Crippen LogP contribution is -2.36. The maximum absolute atomic E-state index is 12.7. The van der Waals surface area contributed by atoms with E-state index in [4.69, 9.17) is 11.6 Å². The molecule has 34 heavy (non-hydrogen) atoms. The van der Waals surface area contributed by atoms with Crippen molar-refractivity contribution in [1.29, 1.82) is 0 Å². The normalized spacial score (nSPS) is 13.7. The number of nitrogens with one attached hydrogen (secondary N) is 4. The van der Waals surface area contributed by atoms with Crippen LogP contribution >= 0.6 is 11.6 Å². The number of anilines is 2. The number of unbranched alkanes of at least 4 members (excludes halogenated alkanes) is 1. The summed E-state index contributed by atoms with van der Waals surface area (Å²) in [5, 5.41) is 12.1. The van der Waals surface area contributed by atoms with Gasteiger partial charge in [0.25, 0.3) is 11.8 Å². The van der Waals surface area contributed by atoms with Crippen LogP contribution in [0.3, 0.4) is 0 Å². The van der Waals surface area contributed by atoms with Crippen LogP contribution in [0.2, 0.25) is 5.02 Å². The maximum Gasteiger partial charge on any atom is 0.253 e. The Kier molecular flexibility index (Phi) is 9.76. The predicted molar refractivity (Wildman–Crippen MR) is 137 cm³/mol. The topological polar surface area (TPSA) is 99.3 Å². The molecule has 2 aromatic rings. The Morgan fingerprint density at radius 1 is 0.941 bits per heavy atom. The molecule has 0 saturated heterocycles. The van der Waals surface area contributed by atoms with Gasteiger partial charge in [-0.15, -0.1) is 0 Å². The van der Waals surface area contributed by atoms with Crippen LogP contribution in [0.1, 0.15) is 72.6 Å². The smallest absolute Gasteiger partial charge is 0.253 e. The van der Waals surface area contributed by atoms with Gasteiger partial charge in [-0.25, -0.2) is 0 Å². The van der Waals surface area contributed by atoms with Gasteiger partial charge in [0.15, 0.2) is 0 Å². The summed E-state index contributed by atoms with van der Waals surface area (Å²) in [5.74, 6) is -0.564. The van der Waals surface area contributed by atoms with Gasteiger partial charge in [0.1, 0.15) is 0 Å². The quantitative estimate of drug-likeness (QED) is 0.357. The fourth-order valence-corrected chi connectivity index (χ4v) is 4.10. The van der Waals surface area contributed by atoms with Crippen molar-refractivity contribution in [3.8, 4) is 0 Å². The highest BCUT2D eigenvalue weighted by Crippen LogP contribution is 2.23. The highest BCUT2D eigenvalue weighted by molar-refractivity contribution is 6.34. The molecule has 0 aromatic heterocycles. The molecular weight excluding hydrogens is 452 g/mol. The molecule has 1 saturated carbocycles. The number of carbonyl (C=O) groups is 3. The Bertz CT molecular complexity index is 988. The fourth-order valence-electron chi connectivity index (χ4n) is 3.89. The van der Waals surface area contributed by atoms with Crippen LogP contribution in [-0.4, -0.2) is 36.9 Å². The minimum absolute atomic E-state index is 0.0184. The highest BCUT2D eigenvalue weighted by atomic mass is 35.5. The first kappa shape index (κ1) is 25.6. The lowest BCUT2D eigenvalue weighted by molar-refractivity contribution is -0.114. The van der Waals surface area contributed by atoms with Gasteiger partial charge in [0.2, 0.25) is 5.91 Å². The first-order chi connectivity index (χ1) is 16.5. The van der Waals surface area contributed by atoms with E-state index < -0.39 is 0 Å². The van der Waals surface area contributed by atoms with E-state index in [1.165, 1.54) is 6.42 Å². The molecule has 2 aromatic carbocycles. The molecular formula is C26H33ClN4O3. The molecule has 0 spiro atoms. The first-order valence-corrected chi connectivity index (χ1v) is 12.4. The average molecular weight is 485 g/mol. The predicted octanol–water partition coefficient (Wildman–Crippen LogP) is 4.98. The summed E-state index contributed by atoms with van der Waals surface area (Å²) in [6, 6.07) is 12.0. The molecule has 0 aliphatic heterocycles. The Labute approximate surface area is 206 Å². The summed E-state index contributed by atoms with van der Waals surface area (Å²) in [6.45, 7) is 2.73. The summed E-state index contributed by atoms with van der Waals surface area (Å²) >= 11 is 6.25. The molecule has 182 valence electrons. The molecule has 0 radical (unpaired) electrons. The minimum Gasteiger partial charge on any atom is -0.376 e. The number of carbonyl (C=O) groups excluding carboxylic acids is 3. The summed E-state index contributed by atoms with van der Waals surface area (Å²) in [5.41, 5.74) is 2.17. The lowest BCUT2D eigenvalue weighted by Gasteiger charge is -2.23. The number of amides is 3. The summed E-state index contributed by atoms with van der Waals surface area (Å²) in [7, 11) is 0. The highest BCUT2D eigenvalue weighted by Gasteiger charge is 2.18. The number of benzene rings is 2. The van der Waals surface area contributed by atoms with Crippen LogP contribution < -0.4 is 21.3 Å². The second-order valence-corrected chi connectivity index (χ2v) is 9.00. The van der Waals surface area contributed by atoms with E-state index in [-0.39, 0.29) is 30.3 Å². The van der Waals surface area contributed by atoms with Crippen LogP contribution in [0.4, 0.5) is 11.4 Å². The van der Waals surface area contributed by atoms with E-state index in [2.05, 4.69) is 28.2 Å². The monoisotopic (exact) mass is 484 g/mol. The summed E-state index contributed by atoms with van der Waals surface area (Å²) in [4.78, 5) is 37.1. The van der Waals surface area contributed by atoms with Gasteiger partial charge in [0, 0.05) is 29.5 Å². The van der Waals surface area contributed by atoms with Crippen molar-refractivity contribution >= 4 is 40.7 Å². The Morgan fingerprint density at radius 3 is 2.35 bits per heavy atom. The fraction of sp³-hybridized carbons (Fsp3) is 0.423. The second kappa shape index (κ2) is 13.0. The molecule has 7 nitrogen and oxygen atoms in total. The van der Waals surface area contributed by atoms with Crippen molar-refractivity contribution in [3.05, 3.63) is 58.6 Å². The van der Waals surface area contributed by atoms with Crippen molar-refractivity contribution in [2.24, 2.45) is 0 Å². The lowest BCUT2D eigenvalue weighted by atomic mass is 9.95.